The van der Waals surface area contributed by atoms with E-state index in [0.717, 1.165) is 6.08 Å². The summed E-state index contributed by atoms with van der Waals surface area (Å²) in [6, 6.07) is 1.94. The summed E-state index contributed by atoms with van der Waals surface area (Å²) in [4.78, 5) is 10.1. The van der Waals surface area contributed by atoms with E-state index < -0.39 is 17.6 Å². The van der Waals surface area contributed by atoms with E-state index in [0.29, 0.717) is 6.07 Å². The largest absolute Gasteiger partial charge is 0.477 e. The Labute approximate surface area is 90.6 Å². The lowest BCUT2D eigenvalue weighted by Crippen LogP contribution is -1.95. The maximum absolute atomic E-state index is 13.1. The van der Waals surface area contributed by atoms with Crippen LogP contribution in [0, 0.1) is 18.6 Å². The van der Waals surface area contributed by atoms with Gasteiger partial charge in [-0.3, -0.25) is 0 Å². The molecule has 5 heteroatoms. The van der Waals surface area contributed by atoms with Crippen LogP contribution in [0.25, 0.3) is 6.08 Å². The molecule has 0 saturated carbocycles. The molecule has 0 amide bonds. The summed E-state index contributed by atoms with van der Waals surface area (Å²) in [6.07, 6.45) is 1.03. The van der Waals surface area contributed by atoms with Crippen molar-refractivity contribution in [1.82, 2.24) is 0 Å². The van der Waals surface area contributed by atoms with Crippen LogP contribution in [0.1, 0.15) is 11.1 Å². The third-order valence-electron chi connectivity index (χ3n) is 1.79. The van der Waals surface area contributed by atoms with Crippen LogP contribution in [0.5, 0.6) is 0 Å². The lowest BCUT2D eigenvalue weighted by molar-refractivity contribution is -0.131. The highest BCUT2D eigenvalue weighted by Gasteiger charge is 2.08. The van der Waals surface area contributed by atoms with Gasteiger partial charge in [-0.15, -0.1) is 12.6 Å². The fraction of sp³-hybridized carbons (Fsp3) is 0.100. The van der Waals surface area contributed by atoms with Gasteiger partial charge in [0.15, 0.2) is 0 Å². The van der Waals surface area contributed by atoms with Gasteiger partial charge in [0, 0.05) is 11.6 Å². The Balaban J connectivity index is 3.22. The Morgan fingerprint density at radius 3 is 2.53 bits per heavy atom. The van der Waals surface area contributed by atoms with Crippen LogP contribution < -0.4 is 0 Å². The number of hydrogen-bond acceptors (Lipinski definition) is 2. The minimum atomic E-state index is -1.26. The number of aliphatic carboxylic acids is 1. The molecule has 0 atom stereocenters. The van der Waals surface area contributed by atoms with Crippen molar-refractivity contribution in [2.24, 2.45) is 0 Å². The summed E-state index contributed by atoms with van der Waals surface area (Å²) in [5.74, 6) is -2.74. The summed E-state index contributed by atoms with van der Waals surface area (Å²) < 4.78 is 26.0. The van der Waals surface area contributed by atoms with Crippen molar-refractivity contribution in [2.75, 3.05) is 0 Å². The summed E-state index contributed by atoms with van der Waals surface area (Å²) in [5.41, 5.74) is 0.246. The molecule has 0 aliphatic heterocycles. The third-order valence-corrected chi connectivity index (χ3v) is 2.11. The zero-order chi connectivity index (χ0) is 11.6. The first-order valence-corrected chi connectivity index (χ1v) is 4.46. The van der Waals surface area contributed by atoms with Crippen LogP contribution in [-0.4, -0.2) is 11.1 Å². The second-order valence-corrected chi connectivity index (χ2v) is 3.44. The number of aryl methyl sites for hydroxylation is 1. The summed E-state index contributed by atoms with van der Waals surface area (Å²) in [7, 11) is 0. The van der Waals surface area contributed by atoms with Crippen LogP contribution in [0.3, 0.4) is 0 Å². The van der Waals surface area contributed by atoms with Crippen molar-refractivity contribution < 1.29 is 18.7 Å². The van der Waals surface area contributed by atoms with Crippen molar-refractivity contribution in [1.29, 1.82) is 0 Å². The van der Waals surface area contributed by atoms with Gasteiger partial charge in [-0.1, -0.05) is 0 Å². The molecule has 1 aromatic rings. The highest BCUT2D eigenvalue weighted by Crippen LogP contribution is 2.18. The summed E-state index contributed by atoms with van der Waals surface area (Å²) in [5, 5.41) is 8.52. The Kier molecular flexibility index (Phi) is 3.47. The van der Waals surface area contributed by atoms with Crippen molar-refractivity contribution in [3.05, 3.63) is 39.8 Å². The zero-order valence-corrected chi connectivity index (χ0v) is 8.69. The molecule has 1 rings (SSSR count). The average Bonchev–Trinajstić information content (AvgIpc) is 2.13. The highest BCUT2D eigenvalue weighted by atomic mass is 32.1. The number of rotatable bonds is 2. The predicted molar refractivity (Wildman–Crippen MR) is 55.7 cm³/mol. The van der Waals surface area contributed by atoms with Crippen molar-refractivity contribution in [2.45, 2.75) is 6.92 Å². The van der Waals surface area contributed by atoms with Crippen LogP contribution in [0.2, 0.25) is 0 Å². The summed E-state index contributed by atoms with van der Waals surface area (Å²) in [6.45, 7) is 1.46. The normalized spacial score (nSPS) is 11.6. The molecule has 0 unspecified atom stereocenters. The van der Waals surface area contributed by atoms with Crippen molar-refractivity contribution in [3.63, 3.8) is 0 Å². The fourth-order valence-corrected chi connectivity index (χ4v) is 1.14. The minimum Gasteiger partial charge on any atom is -0.477 e. The van der Waals surface area contributed by atoms with Gasteiger partial charge in [0.2, 0.25) is 0 Å². The van der Waals surface area contributed by atoms with Gasteiger partial charge in [-0.05, 0) is 24.6 Å². The average molecular weight is 230 g/mol. The molecule has 1 N–H and O–H groups in total. The van der Waals surface area contributed by atoms with Crippen molar-refractivity contribution in [3.8, 4) is 0 Å². The third kappa shape index (κ3) is 2.79. The molecular weight excluding hydrogens is 222 g/mol. The highest BCUT2D eigenvalue weighted by molar-refractivity contribution is 7.85. The van der Waals surface area contributed by atoms with Gasteiger partial charge >= 0.3 is 5.97 Å². The molecule has 0 heterocycles. The van der Waals surface area contributed by atoms with E-state index in [2.05, 4.69) is 12.6 Å². The van der Waals surface area contributed by atoms with E-state index in [9.17, 15) is 13.6 Å². The molecule has 2 nitrogen and oxygen atoms in total. The molecule has 0 fully saturated rings. The molecule has 80 valence electrons. The lowest BCUT2D eigenvalue weighted by atomic mass is 10.1. The van der Waals surface area contributed by atoms with Crippen LogP contribution in [-0.2, 0) is 4.79 Å². The number of carboxylic acids is 1. The number of thiol groups is 1. The van der Waals surface area contributed by atoms with E-state index in [1.54, 1.807) is 0 Å². The fourth-order valence-electron chi connectivity index (χ4n) is 0.999. The first-order valence-electron chi connectivity index (χ1n) is 4.01. The van der Waals surface area contributed by atoms with E-state index in [1.165, 1.54) is 13.0 Å². The smallest absolute Gasteiger partial charge is 0.341 e. The van der Waals surface area contributed by atoms with Gasteiger partial charge in [-0.2, -0.15) is 0 Å². The number of benzene rings is 1. The predicted octanol–water partition coefficient (Wildman–Crippen LogP) is 2.63. The number of carbonyl (C=O) groups is 1. The molecule has 0 radical (unpaired) electrons. The second-order valence-electron chi connectivity index (χ2n) is 2.96. The van der Waals surface area contributed by atoms with Gasteiger partial charge in [0.25, 0.3) is 0 Å². The molecule has 15 heavy (non-hydrogen) atoms. The minimum absolute atomic E-state index is 0.00120. The van der Waals surface area contributed by atoms with E-state index in [4.69, 9.17) is 5.11 Å². The Hall–Kier alpha value is -1.36. The monoisotopic (exact) mass is 230 g/mol. The Bertz CT molecular complexity index is 441. The number of halogens is 2. The number of hydrogen-bond donors (Lipinski definition) is 2. The maximum atomic E-state index is 13.1. The molecule has 0 aliphatic rings. The van der Waals surface area contributed by atoms with Crippen LogP contribution in [0.15, 0.2) is 17.0 Å². The number of carboxylic acid groups (broad SMARTS) is 1. The van der Waals surface area contributed by atoms with Crippen molar-refractivity contribution >= 4 is 24.7 Å². The first-order chi connectivity index (χ1) is 6.91. The quantitative estimate of drug-likeness (QED) is 0.605. The van der Waals surface area contributed by atoms with Crippen LogP contribution in [0.4, 0.5) is 8.78 Å². The standard InChI is InChI=1S/C10H8F2O2S/c1-5-2-6(3-9(15)10(13)14)8(12)4-7(5)11/h2-4,15H,1H3,(H,13,14)/b9-3-. The lowest BCUT2D eigenvalue weighted by Gasteiger charge is -2.01. The van der Waals surface area contributed by atoms with Gasteiger partial charge in [0.1, 0.15) is 11.6 Å². The molecule has 0 bridgehead atoms. The molecule has 0 aromatic heterocycles. The summed E-state index contributed by atoms with van der Waals surface area (Å²) >= 11 is 3.64. The van der Waals surface area contributed by atoms with E-state index in [-0.39, 0.29) is 16.0 Å². The Morgan fingerprint density at radius 2 is 2.00 bits per heavy atom. The van der Waals surface area contributed by atoms with Gasteiger partial charge < -0.3 is 5.11 Å². The SMILES string of the molecule is Cc1cc(/C=C(\S)C(=O)O)c(F)cc1F. The zero-order valence-electron chi connectivity index (χ0n) is 7.79. The Morgan fingerprint density at radius 1 is 1.40 bits per heavy atom. The molecule has 0 saturated heterocycles. The van der Waals surface area contributed by atoms with E-state index >= 15 is 0 Å². The second kappa shape index (κ2) is 4.44. The first kappa shape index (κ1) is 11.7. The molecular formula is C10H8F2O2S. The van der Waals surface area contributed by atoms with Gasteiger partial charge in [0.05, 0.1) is 4.91 Å². The van der Waals surface area contributed by atoms with Gasteiger partial charge in [-0.25, -0.2) is 13.6 Å². The topological polar surface area (TPSA) is 37.3 Å². The van der Waals surface area contributed by atoms with E-state index in [1.807, 2.05) is 0 Å². The molecule has 0 spiro atoms. The molecule has 0 aliphatic carbocycles. The maximum Gasteiger partial charge on any atom is 0.341 e. The molecule has 1 aromatic carbocycles. The van der Waals surface area contributed by atoms with Crippen LogP contribution >= 0.6 is 12.6 Å².